The van der Waals surface area contributed by atoms with Gasteiger partial charge in [0.15, 0.2) is 0 Å². The van der Waals surface area contributed by atoms with E-state index in [2.05, 4.69) is 0 Å². The molecule has 6 heteroatoms. The first-order valence-electron chi connectivity index (χ1n) is 6.45. The van der Waals surface area contributed by atoms with Crippen LogP contribution < -0.4 is 4.74 Å². The van der Waals surface area contributed by atoms with Gasteiger partial charge in [-0.25, -0.2) is 8.78 Å². The van der Waals surface area contributed by atoms with Crippen molar-refractivity contribution in [2.75, 3.05) is 26.3 Å². The third kappa shape index (κ3) is 5.52. The summed E-state index contributed by atoms with van der Waals surface area (Å²) in [4.78, 5) is 12.9. The molecule has 1 N–H and O–H groups in total. The number of carbonyl (C=O) groups is 1. The maximum Gasteiger partial charge on any atom is 0.255 e. The third-order valence-electron chi connectivity index (χ3n) is 2.67. The highest BCUT2D eigenvalue weighted by Gasteiger charge is 2.17. The SMILES string of the molecule is CCOc1ccc(CC(=O)N(CCO)CC(F)F)cc1. The van der Waals surface area contributed by atoms with Crippen molar-refractivity contribution in [2.45, 2.75) is 19.8 Å². The van der Waals surface area contributed by atoms with Crippen molar-refractivity contribution < 1.29 is 23.4 Å². The molecule has 0 radical (unpaired) electrons. The number of aliphatic hydroxyl groups excluding tert-OH is 1. The fourth-order valence-corrected chi connectivity index (χ4v) is 1.76. The number of hydrogen-bond acceptors (Lipinski definition) is 3. The van der Waals surface area contributed by atoms with Crippen LogP contribution in [0.25, 0.3) is 0 Å². The highest BCUT2D eigenvalue weighted by atomic mass is 19.3. The summed E-state index contributed by atoms with van der Waals surface area (Å²) in [5.41, 5.74) is 0.718. The number of halogens is 2. The maximum absolute atomic E-state index is 12.4. The molecular weight excluding hydrogens is 268 g/mol. The fourth-order valence-electron chi connectivity index (χ4n) is 1.76. The van der Waals surface area contributed by atoms with Crippen molar-refractivity contribution >= 4 is 5.91 Å². The first-order chi connectivity index (χ1) is 9.56. The van der Waals surface area contributed by atoms with Crippen LogP contribution in [0.5, 0.6) is 5.75 Å². The number of rotatable bonds is 8. The molecule has 0 spiro atoms. The molecule has 4 nitrogen and oxygen atoms in total. The van der Waals surface area contributed by atoms with Gasteiger partial charge in [0.05, 0.1) is 26.2 Å². The highest BCUT2D eigenvalue weighted by Crippen LogP contribution is 2.13. The van der Waals surface area contributed by atoms with Gasteiger partial charge in [0, 0.05) is 6.54 Å². The van der Waals surface area contributed by atoms with Crippen molar-refractivity contribution in [3.63, 3.8) is 0 Å². The predicted molar refractivity (Wildman–Crippen MR) is 71.0 cm³/mol. The minimum Gasteiger partial charge on any atom is -0.494 e. The number of nitrogens with zero attached hydrogens (tertiary/aromatic N) is 1. The first kappa shape index (κ1) is 16.4. The molecule has 0 heterocycles. The van der Waals surface area contributed by atoms with Gasteiger partial charge in [-0.15, -0.1) is 0 Å². The van der Waals surface area contributed by atoms with Crippen molar-refractivity contribution in [1.29, 1.82) is 0 Å². The van der Waals surface area contributed by atoms with Crippen LogP contribution in [-0.4, -0.2) is 48.6 Å². The standard InChI is InChI=1S/C14H19F2NO3/c1-2-20-12-5-3-11(4-6-12)9-14(19)17(7-8-18)10-13(15)16/h3-6,13,18H,2,7-10H2,1H3. The average molecular weight is 287 g/mol. The molecule has 0 atom stereocenters. The van der Waals surface area contributed by atoms with Crippen LogP contribution >= 0.6 is 0 Å². The molecule has 0 saturated heterocycles. The van der Waals surface area contributed by atoms with Crippen LogP contribution in [0.4, 0.5) is 8.78 Å². The summed E-state index contributed by atoms with van der Waals surface area (Å²) in [6.45, 7) is 1.35. The second-order valence-corrected chi connectivity index (χ2v) is 4.21. The van der Waals surface area contributed by atoms with Crippen LogP contribution in [0, 0.1) is 0 Å². The second kappa shape index (κ2) is 8.47. The topological polar surface area (TPSA) is 49.8 Å². The average Bonchev–Trinajstić information content (AvgIpc) is 2.40. The third-order valence-corrected chi connectivity index (χ3v) is 2.67. The second-order valence-electron chi connectivity index (χ2n) is 4.21. The molecular formula is C14H19F2NO3. The maximum atomic E-state index is 12.4. The summed E-state index contributed by atoms with van der Waals surface area (Å²) < 4.78 is 30.0. The molecule has 0 aliphatic rings. The summed E-state index contributed by atoms with van der Waals surface area (Å²) in [5.74, 6) is 0.270. The quantitative estimate of drug-likeness (QED) is 0.792. The van der Waals surface area contributed by atoms with E-state index in [1.165, 1.54) is 0 Å². The van der Waals surface area contributed by atoms with E-state index in [1.807, 2.05) is 6.92 Å². The fraction of sp³-hybridized carbons (Fsp3) is 0.500. The van der Waals surface area contributed by atoms with Crippen LogP contribution in [-0.2, 0) is 11.2 Å². The molecule has 0 aromatic heterocycles. The molecule has 1 rings (SSSR count). The van der Waals surface area contributed by atoms with Gasteiger partial charge >= 0.3 is 0 Å². The van der Waals surface area contributed by atoms with E-state index in [1.54, 1.807) is 24.3 Å². The molecule has 1 amide bonds. The number of carbonyl (C=O) groups excluding carboxylic acids is 1. The summed E-state index contributed by atoms with van der Waals surface area (Å²) in [7, 11) is 0. The smallest absolute Gasteiger partial charge is 0.255 e. The molecule has 1 aromatic rings. The van der Waals surface area contributed by atoms with Gasteiger partial charge < -0.3 is 14.7 Å². The van der Waals surface area contributed by atoms with Crippen molar-refractivity contribution in [1.82, 2.24) is 4.90 Å². The van der Waals surface area contributed by atoms with E-state index >= 15 is 0 Å². The molecule has 0 fully saturated rings. The Morgan fingerprint density at radius 3 is 2.50 bits per heavy atom. The lowest BCUT2D eigenvalue weighted by atomic mass is 10.1. The number of benzene rings is 1. The van der Waals surface area contributed by atoms with Crippen LogP contribution in [0.2, 0.25) is 0 Å². The highest BCUT2D eigenvalue weighted by molar-refractivity contribution is 5.78. The number of alkyl halides is 2. The molecule has 1 aromatic carbocycles. The number of hydrogen-bond donors (Lipinski definition) is 1. The Morgan fingerprint density at radius 1 is 1.35 bits per heavy atom. The zero-order valence-electron chi connectivity index (χ0n) is 11.4. The van der Waals surface area contributed by atoms with Crippen molar-refractivity contribution in [2.24, 2.45) is 0 Å². The molecule has 0 unspecified atom stereocenters. The van der Waals surface area contributed by atoms with Gasteiger partial charge in [0.25, 0.3) is 6.43 Å². The van der Waals surface area contributed by atoms with E-state index in [0.29, 0.717) is 12.4 Å². The number of amides is 1. The van der Waals surface area contributed by atoms with E-state index in [-0.39, 0.29) is 19.6 Å². The van der Waals surface area contributed by atoms with Crippen molar-refractivity contribution in [3.8, 4) is 5.75 Å². The van der Waals surface area contributed by atoms with Gasteiger partial charge in [0.2, 0.25) is 5.91 Å². The van der Waals surface area contributed by atoms with Gasteiger partial charge in [-0.1, -0.05) is 12.1 Å². The molecule has 0 saturated carbocycles. The predicted octanol–water partition coefficient (Wildman–Crippen LogP) is 1.71. The van der Waals surface area contributed by atoms with Crippen LogP contribution in [0.15, 0.2) is 24.3 Å². The lowest BCUT2D eigenvalue weighted by Crippen LogP contribution is -2.38. The molecule has 0 aliphatic heterocycles. The van der Waals surface area contributed by atoms with E-state index in [4.69, 9.17) is 9.84 Å². The Hall–Kier alpha value is -1.69. The summed E-state index contributed by atoms with van der Waals surface area (Å²) >= 11 is 0. The number of ether oxygens (including phenoxy) is 1. The largest absolute Gasteiger partial charge is 0.494 e. The van der Waals surface area contributed by atoms with Gasteiger partial charge in [-0.05, 0) is 24.6 Å². The van der Waals surface area contributed by atoms with Crippen molar-refractivity contribution in [3.05, 3.63) is 29.8 Å². The van der Waals surface area contributed by atoms with Crippen LogP contribution in [0.3, 0.4) is 0 Å². The zero-order valence-corrected chi connectivity index (χ0v) is 11.4. The number of aliphatic hydroxyl groups is 1. The minimum absolute atomic E-state index is 0.0269. The molecule has 112 valence electrons. The Morgan fingerprint density at radius 2 is 2.00 bits per heavy atom. The molecule has 20 heavy (non-hydrogen) atoms. The van der Waals surface area contributed by atoms with E-state index < -0.39 is 18.9 Å². The van der Waals surface area contributed by atoms with Crippen LogP contribution in [0.1, 0.15) is 12.5 Å². The van der Waals surface area contributed by atoms with Gasteiger partial charge in [0.1, 0.15) is 5.75 Å². The minimum atomic E-state index is -2.61. The van der Waals surface area contributed by atoms with Gasteiger partial charge in [-0.2, -0.15) is 0 Å². The summed E-state index contributed by atoms with van der Waals surface area (Å²) in [6.07, 6.45) is -2.58. The lowest BCUT2D eigenvalue weighted by Gasteiger charge is -2.21. The Bertz CT molecular complexity index is 409. The first-order valence-corrected chi connectivity index (χ1v) is 6.45. The lowest BCUT2D eigenvalue weighted by molar-refractivity contribution is -0.133. The zero-order chi connectivity index (χ0) is 15.0. The summed E-state index contributed by atoms with van der Waals surface area (Å²) in [5, 5.41) is 8.80. The van der Waals surface area contributed by atoms with E-state index in [9.17, 15) is 13.6 Å². The van der Waals surface area contributed by atoms with Gasteiger partial charge in [-0.3, -0.25) is 4.79 Å². The molecule has 0 aliphatic carbocycles. The monoisotopic (exact) mass is 287 g/mol. The Kier molecular flexibility index (Phi) is 6.93. The Labute approximate surface area is 117 Å². The van der Waals surface area contributed by atoms with E-state index in [0.717, 1.165) is 10.5 Å². The summed E-state index contributed by atoms with van der Waals surface area (Å²) in [6, 6.07) is 6.91. The Balaban J connectivity index is 2.62. The molecule has 0 bridgehead atoms. The normalized spacial score (nSPS) is 10.7.